The molecule has 1 aromatic rings. The summed E-state index contributed by atoms with van der Waals surface area (Å²) < 4.78 is 0. The highest BCUT2D eigenvalue weighted by molar-refractivity contribution is 5.86. The summed E-state index contributed by atoms with van der Waals surface area (Å²) in [5, 5.41) is 26.0. The van der Waals surface area contributed by atoms with E-state index in [1.165, 1.54) is 12.1 Å². The van der Waals surface area contributed by atoms with E-state index in [-0.39, 0.29) is 17.1 Å². The van der Waals surface area contributed by atoms with Crippen molar-refractivity contribution in [3.63, 3.8) is 0 Å². The summed E-state index contributed by atoms with van der Waals surface area (Å²) in [6, 6.07) is 3.48. The molecule has 2 unspecified atom stereocenters. The van der Waals surface area contributed by atoms with Gasteiger partial charge in [-0.15, -0.1) is 0 Å². The fourth-order valence-corrected chi connectivity index (χ4v) is 2.47. The van der Waals surface area contributed by atoms with Crippen LogP contribution in [0.2, 0.25) is 0 Å². The first-order valence-corrected chi connectivity index (χ1v) is 7.12. The van der Waals surface area contributed by atoms with Gasteiger partial charge < -0.3 is 0 Å². The Kier molecular flexibility index (Phi) is 4.69. The first-order valence-electron chi connectivity index (χ1n) is 7.12. The van der Waals surface area contributed by atoms with Gasteiger partial charge in [0.1, 0.15) is 5.69 Å². The van der Waals surface area contributed by atoms with E-state index in [2.05, 4.69) is 24.4 Å². The van der Waals surface area contributed by atoms with Crippen molar-refractivity contribution in [2.24, 2.45) is 16.9 Å². The van der Waals surface area contributed by atoms with Crippen LogP contribution in [0, 0.1) is 32.1 Å². The van der Waals surface area contributed by atoms with Crippen LogP contribution in [-0.4, -0.2) is 15.6 Å². The van der Waals surface area contributed by atoms with Gasteiger partial charge in [-0.1, -0.05) is 13.8 Å². The topological polar surface area (TPSA) is 111 Å². The molecule has 2 rings (SSSR count). The number of nitro groups is 2. The summed E-state index contributed by atoms with van der Waals surface area (Å²) in [6.07, 6.45) is 2.76. The monoisotopic (exact) mass is 306 g/mol. The Bertz CT molecular complexity index is 629. The summed E-state index contributed by atoms with van der Waals surface area (Å²) in [7, 11) is 0. The minimum absolute atomic E-state index is 0.161. The van der Waals surface area contributed by atoms with Gasteiger partial charge in [0.05, 0.1) is 15.9 Å². The molecular weight excluding hydrogens is 288 g/mol. The Morgan fingerprint density at radius 1 is 1.18 bits per heavy atom. The lowest BCUT2D eigenvalue weighted by molar-refractivity contribution is -0.393. The van der Waals surface area contributed by atoms with Gasteiger partial charge in [-0.05, 0) is 37.2 Å². The van der Waals surface area contributed by atoms with Crippen molar-refractivity contribution in [3.8, 4) is 0 Å². The third kappa shape index (κ3) is 3.57. The second-order valence-corrected chi connectivity index (χ2v) is 5.70. The number of non-ortho nitro benzene ring substituents is 1. The molecule has 0 aromatic heterocycles. The number of rotatable bonds is 4. The highest BCUT2D eigenvalue weighted by atomic mass is 16.6. The van der Waals surface area contributed by atoms with E-state index in [4.69, 9.17) is 0 Å². The van der Waals surface area contributed by atoms with Crippen molar-refractivity contribution < 1.29 is 9.85 Å². The average Bonchev–Trinajstić information content (AvgIpc) is 2.48. The molecule has 0 aliphatic heterocycles. The van der Waals surface area contributed by atoms with Gasteiger partial charge in [-0.25, -0.2) is 0 Å². The lowest BCUT2D eigenvalue weighted by Crippen LogP contribution is -2.21. The van der Waals surface area contributed by atoms with E-state index in [9.17, 15) is 20.2 Å². The predicted octanol–water partition coefficient (Wildman–Crippen LogP) is 3.73. The van der Waals surface area contributed by atoms with Crippen molar-refractivity contribution >= 4 is 22.8 Å². The minimum atomic E-state index is -0.660. The molecule has 1 fully saturated rings. The van der Waals surface area contributed by atoms with Gasteiger partial charge >= 0.3 is 5.69 Å². The van der Waals surface area contributed by atoms with Crippen LogP contribution >= 0.6 is 0 Å². The fraction of sp³-hybridized carbons (Fsp3) is 0.500. The van der Waals surface area contributed by atoms with Crippen LogP contribution in [0.5, 0.6) is 0 Å². The number of hydrogen-bond acceptors (Lipinski definition) is 6. The lowest BCUT2D eigenvalue weighted by Gasteiger charge is -2.26. The lowest BCUT2D eigenvalue weighted by atomic mass is 9.81. The Labute approximate surface area is 127 Å². The van der Waals surface area contributed by atoms with Gasteiger partial charge in [-0.2, -0.15) is 5.10 Å². The van der Waals surface area contributed by atoms with Crippen molar-refractivity contribution in [2.45, 2.75) is 33.1 Å². The molecule has 0 amide bonds. The molecule has 1 saturated carbocycles. The fourth-order valence-electron chi connectivity index (χ4n) is 2.47. The zero-order valence-electron chi connectivity index (χ0n) is 12.5. The van der Waals surface area contributed by atoms with Gasteiger partial charge in [0.2, 0.25) is 0 Å². The molecule has 0 heterocycles. The molecule has 1 aliphatic rings. The highest BCUT2D eigenvalue weighted by Gasteiger charge is 2.22. The second kappa shape index (κ2) is 6.50. The molecule has 1 aromatic carbocycles. The van der Waals surface area contributed by atoms with Crippen LogP contribution < -0.4 is 5.43 Å². The molecule has 22 heavy (non-hydrogen) atoms. The third-order valence-corrected chi connectivity index (χ3v) is 4.14. The van der Waals surface area contributed by atoms with E-state index < -0.39 is 9.85 Å². The molecule has 1 aliphatic carbocycles. The summed E-state index contributed by atoms with van der Waals surface area (Å²) in [5.41, 5.74) is 3.16. The largest absolute Gasteiger partial charge is 0.301 e. The molecule has 0 radical (unpaired) electrons. The number of nitro benzene ring substituents is 2. The van der Waals surface area contributed by atoms with Crippen LogP contribution in [0.4, 0.5) is 17.1 Å². The predicted molar refractivity (Wildman–Crippen MR) is 83.0 cm³/mol. The number of anilines is 1. The molecule has 0 bridgehead atoms. The Morgan fingerprint density at radius 3 is 2.50 bits per heavy atom. The van der Waals surface area contributed by atoms with E-state index in [0.29, 0.717) is 11.8 Å². The van der Waals surface area contributed by atoms with Crippen molar-refractivity contribution in [1.29, 1.82) is 0 Å². The summed E-state index contributed by atoms with van der Waals surface area (Å²) in [4.78, 5) is 20.4. The molecule has 1 N–H and O–H groups in total. The summed E-state index contributed by atoms with van der Waals surface area (Å²) >= 11 is 0. The third-order valence-electron chi connectivity index (χ3n) is 4.14. The maximum atomic E-state index is 11.0. The zero-order chi connectivity index (χ0) is 16.3. The maximum absolute atomic E-state index is 11.0. The van der Waals surface area contributed by atoms with Crippen LogP contribution in [0.15, 0.2) is 23.3 Å². The SMILES string of the molecule is CC1CCC(=NNc2ccc([N+](=O)[O-])cc2[N+](=O)[O-])CC1C. The molecular formula is C14H18N4O4. The Hall–Kier alpha value is -2.51. The van der Waals surface area contributed by atoms with E-state index in [0.717, 1.165) is 31.0 Å². The number of nitrogens with one attached hydrogen (secondary N) is 1. The Balaban J connectivity index is 2.19. The average molecular weight is 306 g/mol. The van der Waals surface area contributed by atoms with Gasteiger partial charge in [0, 0.05) is 11.8 Å². The molecule has 8 nitrogen and oxygen atoms in total. The molecule has 8 heteroatoms. The van der Waals surface area contributed by atoms with Gasteiger partial charge in [0.25, 0.3) is 5.69 Å². The number of nitrogens with zero attached hydrogens (tertiary/aromatic N) is 3. The van der Waals surface area contributed by atoms with Gasteiger partial charge in [0.15, 0.2) is 0 Å². The van der Waals surface area contributed by atoms with E-state index in [1.807, 2.05) is 0 Å². The van der Waals surface area contributed by atoms with Crippen LogP contribution in [0.25, 0.3) is 0 Å². The normalized spacial score (nSPS) is 23.3. The van der Waals surface area contributed by atoms with Crippen LogP contribution in [0.3, 0.4) is 0 Å². The quantitative estimate of drug-likeness (QED) is 0.673. The Morgan fingerprint density at radius 2 is 1.91 bits per heavy atom. The van der Waals surface area contributed by atoms with Crippen molar-refractivity contribution in [3.05, 3.63) is 38.4 Å². The van der Waals surface area contributed by atoms with E-state index >= 15 is 0 Å². The summed E-state index contributed by atoms with van der Waals surface area (Å²) in [5.74, 6) is 1.17. The zero-order valence-corrected chi connectivity index (χ0v) is 12.5. The smallest absolute Gasteiger partial charge is 0.272 e. The van der Waals surface area contributed by atoms with Crippen molar-refractivity contribution in [2.75, 3.05) is 5.43 Å². The molecule has 2 atom stereocenters. The highest BCUT2D eigenvalue weighted by Crippen LogP contribution is 2.30. The standard InChI is InChI=1S/C14H18N4O4/c1-9-3-4-11(7-10(9)2)15-16-13-6-5-12(17(19)20)8-14(13)18(21)22/h5-6,8-10,16H,3-4,7H2,1-2H3. The molecule has 0 saturated heterocycles. The first-order chi connectivity index (χ1) is 10.4. The van der Waals surface area contributed by atoms with Crippen molar-refractivity contribution in [1.82, 2.24) is 0 Å². The summed E-state index contributed by atoms with van der Waals surface area (Å²) in [6.45, 7) is 4.36. The van der Waals surface area contributed by atoms with Gasteiger partial charge in [-0.3, -0.25) is 25.7 Å². The molecule has 0 spiro atoms. The minimum Gasteiger partial charge on any atom is -0.272 e. The number of hydrazone groups is 1. The molecule has 118 valence electrons. The van der Waals surface area contributed by atoms with E-state index in [1.54, 1.807) is 0 Å². The van der Waals surface area contributed by atoms with Crippen LogP contribution in [-0.2, 0) is 0 Å². The first kappa shape index (κ1) is 15.9. The number of benzene rings is 1. The second-order valence-electron chi connectivity index (χ2n) is 5.70. The van der Waals surface area contributed by atoms with Crippen LogP contribution in [0.1, 0.15) is 33.1 Å². The maximum Gasteiger partial charge on any atom is 0.301 e. The number of hydrogen-bond donors (Lipinski definition) is 1.